The number of carbonyl (C=O) groups is 1. The van der Waals surface area contributed by atoms with Crippen LogP contribution in [0.1, 0.15) is 21.5 Å². The normalized spacial score (nSPS) is 13.4. The van der Waals surface area contributed by atoms with Crippen molar-refractivity contribution in [1.82, 2.24) is 0 Å². The molecule has 4 nitrogen and oxygen atoms in total. The van der Waals surface area contributed by atoms with Gasteiger partial charge in [-0.15, -0.1) is 0 Å². The molecule has 2 rings (SSSR count). The van der Waals surface area contributed by atoms with E-state index in [0.717, 1.165) is 5.75 Å². The second kappa shape index (κ2) is 5.75. The lowest BCUT2D eigenvalue weighted by atomic mass is 10.0. The maximum absolute atomic E-state index is 11.7. The Bertz CT molecular complexity index is 507. The van der Waals surface area contributed by atoms with Crippen LogP contribution in [0.2, 0.25) is 5.02 Å². The van der Waals surface area contributed by atoms with E-state index in [9.17, 15) is 9.90 Å². The molecule has 1 aromatic carbocycles. The first-order chi connectivity index (χ1) is 8.57. The number of ether oxygens (including phenoxy) is 2. The summed E-state index contributed by atoms with van der Waals surface area (Å²) in [4.78, 5) is 11.7. The van der Waals surface area contributed by atoms with Crippen LogP contribution < -0.4 is 4.74 Å². The van der Waals surface area contributed by atoms with Gasteiger partial charge in [-0.25, -0.2) is 4.79 Å². The van der Waals surface area contributed by atoms with Gasteiger partial charge in [-0.2, -0.15) is 0 Å². The molecule has 1 aliphatic rings. The summed E-state index contributed by atoms with van der Waals surface area (Å²) in [6.07, 6.45) is 0. The average Bonchev–Trinajstić information content (AvgIpc) is 2.73. The number of cyclic esters (lactones) is 1. The minimum atomic E-state index is -0.452. The molecule has 0 saturated heterocycles. The summed E-state index contributed by atoms with van der Waals surface area (Å²) in [6, 6.07) is 0. The first kappa shape index (κ1) is 14.1. The third-order valence-electron chi connectivity index (χ3n) is 2.70. The highest BCUT2D eigenvalue weighted by atomic mass is 127. The summed E-state index contributed by atoms with van der Waals surface area (Å²) in [5, 5.41) is 9.98. The van der Waals surface area contributed by atoms with Crippen molar-refractivity contribution in [3.8, 4) is 11.5 Å². The van der Waals surface area contributed by atoms with Gasteiger partial charge < -0.3 is 14.6 Å². The Morgan fingerprint density at radius 3 is 3.00 bits per heavy atom. The highest BCUT2D eigenvalue weighted by Crippen LogP contribution is 2.44. The highest BCUT2D eigenvalue weighted by Gasteiger charge is 2.32. The number of hydrogen-bond donors (Lipinski definition) is 1. The number of aromatic hydroxyl groups is 1. The van der Waals surface area contributed by atoms with E-state index < -0.39 is 5.97 Å². The van der Waals surface area contributed by atoms with Crippen LogP contribution in [0.4, 0.5) is 0 Å². The first-order valence-corrected chi connectivity index (χ1v) is 9.06. The number of phenols is 1. The van der Waals surface area contributed by atoms with E-state index in [2.05, 4.69) is 21.2 Å². The smallest absolute Gasteiger partial charge is 0.342 e. The Morgan fingerprint density at radius 2 is 2.33 bits per heavy atom. The number of fused-ring (bicyclic) bond motifs is 1. The van der Waals surface area contributed by atoms with Gasteiger partial charge in [-0.3, -0.25) is 0 Å². The van der Waals surface area contributed by atoms with Crippen molar-refractivity contribution in [2.24, 2.45) is 0 Å². The largest absolute Gasteiger partial charge is 0.506 e. The van der Waals surface area contributed by atoms with Gasteiger partial charge in [0.25, 0.3) is 0 Å². The molecule has 0 saturated carbocycles. The Balaban J connectivity index is 2.47. The summed E-state index contributed by atoms with van der Waals surface area (Å²) in [5.74, 6) is 0.482. The van der Waals surface area contributed by atoms with Crippen molar-refractivity contribution >= 4 is 47.7 Å². The van der Waals surface area contributed by atoms with Crippen molar-refractivity contribution in [2.75, 3.05) is 12.4 Å². The van der Waals surface area contributed by atoms with Crippen LogP contribution >= 0.6 is 41.7 Å². The van der Waals surface area contributed by atoms with Crippen molar-refractivity contribution in [3.63, 3.8) is 0 Å². The minimum absolute atomic E-state index is 0.0501. The van der Waals surface area contributed by atoms with E-state index in [1.807, 2.05) is 0 Å². The fourth-order valence-electron chi connectivity index (χ4n) is 1.77. The van der Waals surface area contributed by atoms with E-state index >= 15 is 0 Å². The Hall–Kier alpha value is -0.340. The Labute approximate surface area is 126 Å². The molecule has 0 unspecified atom stereocenters. The molecule has 0 aliphatic carbocycles. The molecule has 0 fully saturated rings. The number of hydrogen-bond acceptors (Lipinski definition) is 5. The van der Waals surface area contributed by atoms with E-state index in [4.69, 9.17) is 21.1 Å². The predicted molar refractivity (Wildman–Crippen MR) is 78.9 cm³/mol. The topological polar surface area (TPSA) is 55.8 Å². The fourth-order valence-corrected chi connectivity index (χ4v) is 2.74. The summed E-state index contributed by atoms with van der Waals surface area (Å²) in [6.45, 7) is 2.27. The lowest BCUT2D eigenvalue weighted by molar-refractivity contribution is 0.0532. The van der Waals surface area contributed by atoms with Crippen LogP contribution in [0.3, 0.4) is 0 Å². The quantitative estimate of drug-likeness (QED) is 0.476. The molecule has 1 aliphatic heterocycles. The molecule has 0 amide bonds. The van der Waals surface area contributed by atoms with Crippen LogP contribution in [-0.4, -0.2) is 23.4 Å². The zero-order chi connectivity index (χ0) is 13.3. The molecule has 0 aromatic heterocycles. The standard InChI is InChI=1S/C11H10ClIO4S/c1-5-6-4-17-11(15)7(6)10(8(12)9(5)14)16-2-3-18-13/h14H,2-4H2,1H3. The van der Waals surface area contributed by atoms with Crippen molar-refractivity contribution < 1.29 is 19.4 Å². The highest BCUT2D eigenvalue weighted by molar-refractivity contribution is 14.2. The van der Waals surface area contributed by atoms with Crippen LogP contribution in [0, 0.1) is 6.92 Å². The van der Waals surface area contributed by atoms with Crippen LogP contribution in [0.5, 0.6) is 11.5 Å². The molecular formula is C11H10ClIO4S. The average molecular weight is 401 g/mol. The number of phenolic OH excluding ortho intramolecular Hbond substituents is 1. The lowest BCUT2D eigenvalue weighted by Crippen LogP contribution is -2.06. The molecule has 18 heavy (non-hydrogen) atoms. The molecule has 0 radical (unpaired) electrons. The minimum Gasteiger partial charge on any atom is -0.506 e. The second-order valence-electron chi connectivity index (χ2n) is 3.71. The van der Waals surface area contributed by atoms with Gasteiger partial charge in [0.1, 0.15) is 22.9 Å². The van der Waals surface area contributed by atoms with Gasteiger partial charge in [0.2, 0.25) is 0 Å². The molecule has 1 heterocycles. The third-order valence-corrected chi connectivity index (χ3v) is 4.70. The summed E-state index contributed by atoms with van der Waals surface area (Å²) >= 11 is 8.19. The number of benzene rings is 1. The SMILES string of the molecule is Cc1c(O)c(Cl)c(OCCSI)c2c1COC2=O. The summed E-state index contributed by atoms with van der Waals surface area (Å²) in [7, 11) is 1.59. The van der Waals surface area contributed by atoms with Crippen LogP contribution in [0.15, 0.2) is 0 Å². The zero-order valence-corrected chi connectivity index (χ0v) is 13.2. The Morgan fingerprint density at radius 1 is 1.61 bits per heavy atom. The molecule has 0 spiro atoms. The van der Waals surface area contributed by atoms with Crippen LogP contribution in [0.25, 0.3) is 0 Å². The van der Waals surface area contributed by atoms with Gasteiger partial charge in [-0.05, 0) is 28.1 Å². The number of rotatable bonds is 4. The zero-order valence-electron chi connectivity index (χ0n) is 9.46. The summed E-state index contributed by atoms with van der Waals surface area (Å²) < 4.78 is 10.5. The molecule has 1 N–H and O–H groups in total. The third kappa shape index (κ3) is 2.37. The lowest BCUT2D eigenvalue weighted by Gasteiger charge is -2.13. The molecule has 98 valence electrons. The molecule has 7 heteroatoms. The van der Waals surface area contributed by atoms with Gasteiger partial charge in [0, 0.05) is 16.9 Å². The molecular weight excluding hydrogens is 391 g/mol. The van der Waals surface area contributed by atoms with E-state index in [1.165, 1.54) is 0 Å². The van der Waals surface area contributed by atoms with Crippen molar-refractivity contribution in [3.05, 3.63) is 21.7 Å². The van der Waals surface area contributed by atoms with E-state index in [-0.39, 0.29) is 23.1 Å². The van der Waals surface area contributed by atoms with E-state index in [1.54, 1.807) is 15.9 Å². The Kier molecular flexibility index (Phi) is 4.50. The van der Waals surface area contributed by atoms with Crippen LogP contribution in [-0.2, 0) is 11.3 Å². The predicted octanol–water partition coefficient (Wildman–Crippen LogP) is 3.49. The maximum Gasteiger partial charge on any atom is 0.342 e. The molecule has 0 atom stereocenters. The van der Waals surface area contributed by atoms with Gasteiger partial charge >= 0.3 is 5.97 Å². The number of halogens is 2. The monoisotopic (exact) mass is 400 g/mol. The van der Waals surface area contributed by atoms with E-state index in [0.29, 0.717) is 23.3 Å². The first-order valence-electron chi connectivity index (χ1n) is 5.15. The number of carbonyl (C=O) groups excluding carboxylic acids is 1. The summed E-state index contributed by atoms with van der Waals surface area (Å²) in [5.41, 5.74) is 1.56. The number of esters is 1. The van der Waals surface area contributed by atoms with Crippen molar-refractivity contribution in [1.29, 1.82) is 0 Å². The maximum atomic E-state index is 11.7. The van der Waals surface area contributed by atoms with Gasteiger partial charge in [0.05, 0.1) is 6.61 Å². The molecule has 1 aromatic rings. The molecule has 0 bridgehead atoms. The van der Waals surface area contributed by atoms with Crippen molar-refractivity contribution in [2.45, 2.75) is 13.5 Å². The van der Waals surface area contributed by atoms with Gasteiger partial charge in [0.15, 0.2) is 5.75 Å². The fraction of sp³-hybridized carbons (Fsp3) is 0.364. The van der Waals surface area contributed by atoms with Gasteiger partial charge in [-0.1, -0.05) is 20.5 Å². The second-order valence-corrected chi connectivity index (χ2v) is 6.58.